The van der Waals surface area contributed by atoms with Gasteiger partial charge in [-0.3, -0.25) is 19.2 Å². The number of rotatable bonds is 7. The third kappa shape index (κ3) is 6.45. The Hall–Kier alpha value is -3.72. The van der Waals surface area contributed by atoms with Crippen molar-refractivity contribution in [2.24, 2.45) is 0 Å². The molecule has 1 aliphatic heterocycles. The maximum Gasteiger partial charge on any atom is 0.303 e. The van der Waals surface area contributed by atoms with Gasteiger partial charge in [0.2, 0.25) is 12.4 Å². The average molecular weight is 485 g/mol. The van der Waals surface area contributed by atoms with Gasteiger partial charge in [0.05, 0.1) is 12.2 Å². The van der Waals surface area contributed by atoms with Crippen LogP contribution in [0.15, 0.2) is 42.5 Å². The Bertz CT molecular complexity index is 1120. The predicted octanol–water partition coefficient (Wildman–Crippen LogP) is 3.06. The highest BCUT2D eigenvalue weighted by atomic mass is 16.7. The third-order valence-corrected chi connectivity index (χ3v) is 5.32. The lowest BCUT2D eigenvalue weighted by Crippen LogP contribution is -2.59. The maximum absolute atomic E-state index is 13.4. The molecule has 0 amide bonds. The molecule has 0 unspecified atom stereocenters. The molecule has 9 nitrogen and oxygen atoms in total. The van der Waals surface area contributed by atoms with Gasteiger partial charge < -0.3 is 23.7 Å². The topological polar surface area (TPSA) is 114 Å². The summed E-state index contributed by atoms with van der Waals surface area (Å²) in [6.07, 6.45) is -4.72. The number of esters is 3. The van der Waals surface area contributed by atoms with Crippen molar-refractivity contribution in [1.82, 2.24) is 0 Å². The molecule has 3 rings (SSSR count). The summed E-state index contributed by atoms with van der Waals surface area (Å²) in [6.45, 7) is 7.05. The number of benzene rings is 2. The minimum absolute atomic E-state index is 0.188. The first-order chi connectivity index (χ1) is 16.6. The molecule has 1 fully saturated rings. The number of hydrogen-bond donors (Lipinski definition) is 0. The van der Waals surface area contributed by atoms with Gasteiger partial charge in [-0.15, -0.1) is 0 Å². The number of ether oxygens (including phenoxy) is 5. The lowest BCUT2D eigenvalue weighted by Gasteiger charge is -2.40. The van der Waals surface area contributed by atoms with Gasteiger partial charge in [0.15, 0.2) is 18.0 Å². The predicted molar refractivity (Wildman–Crippen MR) is 123 cm³/mol. The number of ketones is 1. The first kappa shape index (κ1) is 25.9. The molecule has 0 spiro atoms. The van der Waals surface area contributed by atoms with Gasteiger partial charge in [0.25, 0.3) is 0 Å². The second kappa shape index (κ2) is 11.1. The molecule has 2 aromatic rings. The first-order valence-corrected chi connectivity index (χ1v) is 11.1. The van der Waals surface area contributed by atoms with Crippen LogP contribution in [0.3, 0.4) is 0 Å². The zero-order chi connectivity index (χ0) is 25.7. The highest BCUT2D eigenvalue weighted by molar-refractivity contribution is 6.11. The van der Waals surface area contributed by atoms with Crippen LogP contribution in [0, 0.1) is 13.8 Å². The van der Waals surface area contributed by atoms with Crippen molar-refractivity contribution in [1.29, 1.82) is 0 Å². The quantitative estimate of drug-likeness (QED) is 0.332. The van der Waals surface area contributed by atoms with Crippen molar-refractivity contribution >= 4 is 23.7 Å². The van der Waals surface area contributed by atoms with Gasteiger partial charge in [0, 0.05) is 26.3 Å². The van der Waals surface area contributed by atoms with Crippen molar-refractivity contribution in [3.8, 4) is 5.75 Å². The molecule has 186 valence electrons. The molecule has 4 atom stereocenters. The van der Waals surface area contributed by atoms with E-state index in [2.05, 4.69) is 0 Å². The number of aryl methyl sites for hydroxylation is 2. The summed E-state index contributed by atoms with van der Waals surface area (Å²) in [5, 5.41) is 0. The number of carbonyl (C=O) groups is 4. The number of carbonyl (C=O) groups excluding carboxylic acids is 4. The van der Waals surface area contributed by atoms with Crippen molar-refractivity contribution in [3.05, 3.63) is 64.7 Å². The van der Waals surface area contributed by atoms with E-state index in [1.54, 1.807) is 30.3 Å². The Morgan fingerprint density at radius 2 is 1.43 bits per heavy atom. The van der Waals surface area contributed by atoms with E-state index in [-0.39, 0.29) is 23.7 Å². The molecule has 0 saturated carbocycles. The Morgan fingerprint density at radius 3 is 2.06 bits per heavy atom. The largest absolute Gasteiger partial charge is 0.460 e. The SMILES string of the molecule is CC(=O)O[C@@H]1[C@@H](OC(C)=O)[C@H](Oc2ccc(C)cc2C(=O)c2ccccc2C)OC[C@H]1OC(C)=O. The Morgan fingerprint density at radius 1 is 0.800 bits per heavy atom. The zero-order valence-electron chi connectivity index (χ0n) is 20.2. The zero-order valence-corrected chi connectivity index (χ0v) is 20.2. The summed E-state index contributed by atoms with van der Waals surface area (Å²) in [4.78, 5) is 48.6. The molecule has 0 N–H and O–H groups in total. The Labute approximate surface area is 203 Å². The monoisotopic (exact) mass is 484 g/mol. The van der Waals surface area contributed by atoms with Crippen LogP contribution >= 0.6 is 0 Å². The molecular weight excluding hydrogens is 456 g/mol. The van der Waals surface area contributed by atoms with Crippen LogP contribution in [0.5, 0.6) is 5.75 Å². The molecule has 0 aliphatic carbocycles. The highest BCUT2D eigenvalue weighted by Crippen LogP contribution is 2.30. The standard InChI is InChI=1S/C26H28O9/c1-14-10-11-21(20(12-14)23(30)19-9-7-6-8-15(19)2)35-26-25(34-18(5)29)24(33-17(4)28)22(13-31-26)32-16(3)27/h6-12,22,24-26H,13H2,1-5H3/t22-,24+,25-,26+/m1/s1. The summed E-state index contributed by atoms with van der Waals surface area (Å²) < 4.78 is 27.7. The van der Waals surface area contributed by atoms with E-state index < -0.39 is 42.5 Å². The molecule has 9 heteroatoms. The van der Waals surface area contributed by atoms with E-state index in [4.69, 9.17) is 23.7 Å². The van der Waals surface area contributed by atoms with E-state index in [0.717, 1.165) is 11.1 Å². The van der Waals surface area contributed by atoms with Gasteiger partial charge in [-0.25, -0.2) is 0 Å². The number of hydrogen-bond acceptors (Lipinski definition) is 9. The van der Waals surface area contributed by atoms with E-state index in [0.29, 0.717) is 5.56 Å². The first-order valence-electron chi connectivity index (χ1n) is 11.1. The summed E-state index contributed by atoms with van der Waals surface area (Å²) in [7, 11) is 0. The van der Waals surface area contributed by atoms with E-state index in [1.165, 1.54) is 20.8 Å². The normalized spacial score (nSPS) is 21.5. The van der Waals surface area contributed by atoms with Crippen LogP contribution in [-0.2, 0) is 33.3 Å². The van der Waals surface area contributed by atoms with Crippen LogP contribution in [0.25, 0.3) is 0 Å². The third-order valence-electron chi connectivity index (χ3n) is 5.32. The van der Waals surface area contributed by atoms with Crippen LogP contribution in [0.4, 0.5) is 0 Å². The molecule has 35 heavy (non-hydrogen) atoms. The fourth-order valence-electron chi connectivity index (χ4n) is 3.83. The fraction of sp³-hybridized carbons (Fsp3) is 0.385. The van der Waals surface area contributed by atoms with Gasteiger partial charge in [0.1, 0.15) is 5.75 Å². The highest BCUT2D eigenvalue weighted by Gasteiger charge is 2.48. The van der Waals surface area contributed by atoms with Crippen LogP contribution in [0.2, 0.25) is 0 Å². The molecule has 0 aromatic heterocycles. The molecule has 0 radical (unpaired) electrons. The van der Waals surface area contributed by atoms with Crippen LogP contribution in [0.1, 0.15) is 47.8 Å². The molecule has 1 heterocycles. The molecule has 1 aliphatic rings. The second-order valence-electron chi connectivity index (χ2n) is 8.26. The van der Waals surface area contributed by atoms with Crippen LogP contribution in [-0.4, -0.2) is 54.9 Å². The van der Waals surface area contributed by atoms with Gasteiger partial charge in [-0.1, -0.05) is 35.9 Å². The summed E-state index contributed by atoms with van der Waals surface area (Å²) in [5.74, 6) is -2.04. The van der Waals surface area contributed by atoms with E-state index in [1.807, 2.05) is 26.0 Å². The van der Waals surface area contributed by atoms with E-state index >= 15 is 0 Å². The van der Waals surface area contributed by atoms with Crippen LogP contribution < -0.4 is 4.74 Å². The summed E-state index contributed by atoms with van der Waals surface area (Å²) >= 11 is 0. The second-order valence-corrected chi connectivity index (χ2v) is 8.26. The van der Waals surface area contributed by atoms with Crippen molar-refractivity contribution < 1.29 is 42.9 Å². The lowest BCUT2D eigenvalue weighted by molar-refractivity contribution is -0.259. The fourth-order valence-corrected chi connectivity index (χ4v) is 3.83. The van der Waals surface area contributed by atoms with Crippen molar-refractivity contribution in [2.75, 3.05) is 6.61 Å². The van der Waals surface area contributed by atoms with E-state index in [9.17, 15) is 19.2 Å². The lowest BCUT2D eigenvalue weighted by atomic mass is 9.97. The van der Waals surface area contributed by atoms with Gasteiger partial charge in [-0.05, 0) is 31.5 Å². The summed E-state index contributed by atoms with van der Waals surface area (Å²) in [6, 6.07) is 12.3. The van der Waals surface area contributed by atoms with Gasteiger partial charge >= 0.3 is 17.9 Å². The van der Waals surface area contributed by atoms with Crippen molar-refractivity contribution in [3.63, 3.8) is 0 Å². The average Bonchev–Trinajstić information content (AvgIpc) is 2.77. The molecule has 0 bridgehead atoms. The van der Waals surface area contributed by atoms with Crippen molar-refractivity contribution in [2.45, 2.75) is 59.2 Å². The molecular formula is C26H28O9. The Kier molecular flexibility index (Phi) is 8.24. The smallest absolute Gasteiger partial charge is 0.303 e. The minimum atomic E-state index is -1.27. The maximum atomic E-state index is 13.4. The summed E-state index contributed by atoms with van der Waals surface area (Å²) in [5.41, 5.74) is 2.44. The Balaban J connectivity index is 1.98. The molecule has 2 aromatic carbocycles. The molecule has 1 saturated heterocycles. The minimum Gasteiger partial charge on any atom is -0.460 e. The van der Waals surface area contributed by atoms with Gasteiger partial charge in [-0.2, -0.15) is 0 Å².